The highest BCUT2D eigenvalue weighted by Crippen LogP contribution is 2.21. The molecular formula is C17H19N5OS. The molecule has 0 bridgehead atoms. The summed E-state index contributed by atoms with van der Waals surface area (Å²) >= 11 is 1.55. The van der Waals surface area contributed by atoms with Crippen LogP contribution in [0.25, 0.3) is 11.2 Å². The number of fused-ring (bicyclic) bond motifs is 1. The van der Waals surface area contributed by atoms with Crippen molar-refractivity contribution in [3.63, 3.8) is 0 Å². The molecule has 0 amide bonds. The van der Waals surface area contributed by atoms with E-state index in [2.05, 4.69) is 21.9 Å². The molecule has 2 N–H and O–H groups in total. The van der Waals surface area contributed by atoms with Gasteiger partial charge in [-0.25, -0.2) is 15.0 Å². The van der Waals surface area contributed by atoms with Crippen molar-refractivity contribution in [1.82, 2.24) is 19.5 Å². The van der Waals surface area contributed by atoms with Gasteiger partial charge in [0.25, 0.3) is 5.56 Å². The first-order chi connectivity index (χ1) is 11.7. The molecule has 0 aliphatic rings. The zero-order valence-corrected chi connectivity index (χ0v) is 14.3. The Labute approximate surface area is 144 Å². The molecule has 0 unspecified atom stereocenters. The lowest BCUT2D eigenvalue weighted by Gasteiger charge is -2.11. The predicted octanol–water partition coefficient (Wildman–Crippen LogP) is 2.71. The van der Waals surface area contributed by atoms with Crippen LogP contribution in [0.15, 0.2) is 46.5 Å². The Balaban J connectivity index is 2.06. The summed E-state index contributed by atoms with van der Waals surface area (Å²) in [6.45, 7) is 2.56. The average Bonchev–Trinajstić information content (AvgIpc) is 2.59. The van der Waals surface area contributed by atoms with E-state index in [4.69, 9.17) is 5.73 Å². The molecule has 3 aromatic rings. The second-order valence-electron chi connectivity index (χ2n) is 5.43. The van der Waals surface area contributed by atoms with E-state index in [0.717, 1.165) is 24.2 Å². The minimum absolute atomic E-state index is 0.200. The molecule has 0 atom stereocenters. The Morgan fingerprint density at radius 2 is 2.00 bits per heavy atom. The first kappa shape index (κ1) is 16.4. The van der Waals surface area contributed by atoms with E-state index in [1.165, 1.54) is 6.20 Å². The van der Waals surface area contributed by atoms with Crippen molar-refractivity contribution in [2.24, 2.45) is 0 Å². The van der Waals surface area contributed by atoms with Crippen LogP contribution >= 0.6 is 11.8 Å². The molecule has 2 aromatic heterocycles. The van der Waals surface area contributed by atoms with E-state index in [1.54, 1.807) is 16.3 Å². The Kier molecular flexibility index (Phi) is 5.10. The lowest BCUT2D eigenvalue weighted by Crippen LogP contribution is -2.22. The van der Waals surface area contributed by atoms with Crippen molar-refractivity contribution in [3.8, 4) is 0 Å². The first-order valence-electron chi connectivity index (χ1n) is 7.89. The van der Waals surface area contributed by atoms with Crippen molar-refractivity contribution in [1.29, 1.82) is 0 Å². The average molecular weight is 341 g/mol. The molecule has 7 heteroatoms. The Morgan fingerprint density at radius 3 is 2.75 bits per heavy atom. The van der Waals surface area contributed by atoms with Gasteiger partial charge in [-0.15, -0.1) is 0 Å². The molecule has 0 saturated heterocycles. The highest BCUT2D eigenvalue weighted by Gasteiger charge is 2.12. The molecule has 0 aliphatic heterocycles. The summed E-state index contributed by atoms with van der Waals surface area (Å²) in [5.41, 5.74) is 7.80. The van der Waals surface area contributed by atoms with Gasteiger partial charge in [-0.1, -0.05) is 55.4 Å². The van der Waals surface area contributed by atoms with Crippen LogP contribution in [-0.4, -0.2) is 25.3 Å². The summed E-state index contributed by atoms with van der Waals surface area (Å²) in [7, 11) is 0. The largest absolute Gasteiger partial charge is 0.382 e. The summed E-state index contributed by atoms with van der Waals surface area (Å²) in [5, 5.41) is 0.586. The number of thioether (sulfide) groups is 1. The van der Waals surface area contributed by atoms with Gasteiger partial charge in [0, 0.05) is 5.75 Å². The summed E-state index contributed by atoms with van der Waals surface area (Å²) in [5.74, 6) is 1.23. The molecule has 1 aromatic carbocycles. The van der Waals surface area contributed by atoms with Gasteiger partial charge in [0.15, 0.2) is 16.6 Å². The number of unbranched alkanes of at least 4 members (excludes halogenated alkanes) is 1. The molecule has 124 valence electrons. The normalized spacial score (nSPS) is 11.0. The second-order valence-corrected chi connectivity index (χ2v) is 6.50. The van der Waals surface area contributed by atoms with E-state index >= 15 is 0 Å². The van der Waals surface area contributed by atoms with E-state index in [9.17, 15) is 4.79 Å². The van der Waals surface area contributed by atoms with Gasteiger partial charge in [0.05, 0.1) is 12.7 Å². The van der Waals surface area contributed by atoms with E-state index in [0.29, 0.717) is 28.7 Å². The molecule has 0 saturated carbocycles. The molecule has 0 aliphatic carbocycles. The van der Waals surface area contributed by atoms with Crippen molar-refractivity contribution < 1.29 is 0 Å². The van der Waals surface area contributed by atoms with E-state index < -0.39 is 0 Å². The molecule has 0 fully saturated rings. The van der Waals surface area contributed by atoms with Crippen LogP contribution in [-0.2, 0) is 6.54 Å². The number of aromatic nitrogens is 4. The van der Waals surface area contributed by atoms with Crippen LogP contribution in [0.2, 0.25) is 0 Å². The van der Waals surface area contributed by atoms with Gasteiger partial charge in [-0.2, -0.15) is 0 Å². The first-order valence-corrected chi connectivity index (χ1v) is 8.87. The lowest BCUT2D eigenvalue weighted by atomic mass is 10.2. The van der Waals surface area contributed by atoms with Crippen LogP contribution in [0.5, 0.6) is 0 Å². The highest BCUT2D eigenvalue weighted by molar-refractivity contribution is 7.99. The molecule has 3 rings (SSSR count). The maximum absolute atomic E-state index is 12.3. The minimum atomic E-state index is -0.200. The number of nitrogens with zero attached hydrogens (tertiary/aromatic N) is 4. The van der Waals surface area contributed by atoms with Crippen LogP contribution in [0.4, 0.5) is 5.82 Å². The molecular weight excluding hydrogens is 322 g/mol. The summed E-state index contributed by atoms with van der Waals surface area (Å²) in [4.78, 5) is 25.3. The maximum atomic E-state index is 12.3. The maximum Gasteiger partial charge on any atom is 0.270 e. The van der Waals surface area contributed by atoms with Gasteiger partial charge in [-0.3, -0.25) is 9.36 Å². The lowest BCUT2D eigenvalue weighted by molar-refractivity contribution is 0.764. The molecule has 6 nitrogen and oxygen atoms in total. The SMILES string of the molecule is CCCCSc1nc(N)c2ncc(=O)n(Cc3ccccc3)c2n1. The van der Waals surface area contributed by atoms with Gasteiger partial charge in [0.2, 0.25) is 0 Å². The second kappa shape index (κ2) is 7.44. The Bertz CT molecular complexity index is 895. The van der Waals surface area contributed by atoms with Gasteiger partial charge in [-0.05, 0) is 12.0 Å². The third-order valence-electron chi connectivity index (χ3n) is 3.61. The quantitative estimate of drug-likeness (QED) is 0.421. The van der Waals surface area contributed by atoms with Gasteiger partial charge < -0.3 is 5.73 Å². The number of nitrogen functional groups attached to an aromatic ring is 1. The van der Waals surface area contributed by atoms with Crippen molar-refractivity contribution in [2.45, 2.75) is 31.5 Å². The molecule has 24 heavy (non-hydrogen) atoms. The Hall–Kier alpha value is -2.41. The summed E-state index contributed by atoms with van der Waals surface area (Å²) in [6.07, 6.45) is 3.46. The monoisotopic (exact) mass is 341 g/mol. The Morgan fingerprint density at radius 1 is 1.21 bits per heavy atom. The predicted molar refractivity (Wildman–Crippen MR) is 97.2 cm³/mol. The van der Waals surface area contributed by atoms with Crippen molar-refractivity contribution >= 4 is 28.7 Å². The third-order valence-corrected chi connectivity index (χ3v) is 4.54. The van der Waals surface area contributed by atoms with Gasteiger partial charge in [0.1, 0.15) is 5.52 Å². The third kappa shape index (κ3) is 3.56. The number of benzene rings is 1. The van der Waals surface area contributed by atoms with Crippen molar-refractivity contribution in [2.75, 3.05) is 11.5 Å². The van der Waals surface area contributed by atoms with Crippen molar-refractivity contribution in [3.05, 3.63) is 52.4 Å². The fourth-order valence-corrected chi connectivity index (χ4v) is 3.27. The van der Waals surface area contributed by atoms with Gasteiger partial charge >= 0.3 is 0 Å². The number of nitrogens with two attached hydrogens (primary N) is 1. The van der Waals surface area contributed by atoms with Crippen LogP contribution < -0.4 is 11.3 Å². The number of anilines is 1. The topological polar surface area (TPSA) is 86.7 Å². The smallest absolute Gasteiger partial charge is 0.270 e. The fraction of sp³-hybridized carbons (Fsp3) is 0.294. The zero-order chi connectivity index (χ0) is 16.9. The summed E-state index contributed by atoms with van der Waals surface area (Å²) in [6, 6.07) is 9.78. The minimum Gasteiger partial charge on any atom is -0.382 e. The standard InChI is InChI=1S/C17H19N5OS/c1-2-3-9-24-17-20-15(18)14-16(21-17)22(13(23)10-19-14)11-12-7-5-4-6-8-12/h4-8,10H,2-3,9,11H2,1H3,(H2,18,20,21). The van der Waals surface area contributed by atoms with Crippen LogP contribution in [0.3, 0.4) is 0 Å². The number of hydrogen-bond acceptors (Lipinski definition) is 6. The molecule has 0 radical (unpaired) electrons. The van der Waals surface area contributed by atoms with Crippen LogP contribution in [0.1, 0.15) is 25.3 Å². The van der Waals surface area contributed by atoms with E-state index in [-0.39, 0.29) is 5.56 Å². The molecule has 2 heterocycles. The van der Waals surface area contributed by atoms with Crippen LogP contribution in [0, 0.1) is 0 Å². The number of hydrogen-bond donors (Lipinski definition) is 1. The van der Waals surface area contributed by atoms with E-state index in [1.807, 2.05) is 30.3 Å². The zero-order valence-electron chi connectivity index (χ0n) is 13.5. The summed E-state index contributed by atoms with van der Waals surface area (Å²) < 4.78 is 1.60. The number of rotatable bonds is 6. The fourth-order valence-electron chi connectivity index (χ4n) is 2.34. The molecule has 0 spiro atoms. The highest BCUT2D eigenvalue weighted by atomic mass is 32.2.